The standard InChI is InChI=1S/C48H72N2O4/c1-33(2)14-11-15-34(3)42-22-23-44-40-21-12-16-35(24-27-47(4,5)43(40)25-28-48(42,44)6)53-31-13-29-49-45(51)26-30-50-46(52)54-32-41-38-19-9-7-17-36(38)37-18-8-10-20-39(37)41/h7-10,17-20,33-35,40-44H,11-16,21-32H2,1-6H3,(H,49,51)(H,50,52)/t34-,35-,40-,42?,43?,44+,48?/m1/s1. The molecule has 3 saturated carbocycles. The number of rotatable bonds is 15. The molecule has 0 bridgehead atoms. The fourth-order valence-electron chi connectivity index (χ4n) is 11.9. The first-order valence-electron chi connectivity index (χ1n) is 21.9. The molecule has 6 rings (SSSR count). The van der Waals surface area contributed by atoms with Gasteiger partial charge in [0, 0.05) is 32.0 Å². The number of ether oxygens (including phenoxy) is 2. The summed E-state index contributed by atoms with van der Waals surface area (Å²) in [4.78, 5) is 25.0. The minimum atomic E-state index is -0.487. The fourth-order valence-corrected chi connectivity index (χ4v) is 11.9. The van der Waals surface area contributed by atoms with Crippen LogP contribution in [0.2, 0.25) is 0 Å². The summed E-state index contributed by atoms with van der Waals surface area (Å²) in [5.41, 5.74) is 5.65. The molecule has 6 heteroatoms. The molecule has 0 aliphatic heterocycles. The summed E-state index contributed by atoms with van der Waals surface area (Å²) >= 11 is 0. The van der Waals surface area contributed by atoms with E-state index >= 15 is 0 Å². The number of alkyl carbamates (subject to hydrolysis) is 1. The van der Waals surface area contributed by atoms with Crippen LogP contribution in [0.1, 0.15) is 148 Å². The molecule has 3 unspecified atom stereocenters. The van der Waals surface area contributed by atoms with Crippen molar-refractivity contribution in [3.8, 4) is 11.1 Å². The van der Waals surface area contributed by atoms with Gasteiger partial charge in [0.2, 0.25) is 5.91 Å². The summed E-state index contributed by atoms with van der Waals surface area (Å²) in [7, 11) is 0. The molecule has 0 spiro atoms. The van der Waals surface area contributed by atoms with Crippen molar-refractivity contribution < 1.29 is 19.1 Å². The molecule has 6 nitrogen and oxygen atoms in total. The van der Waals surface area contributed by atoms with Crippen LogP contribution in [-0.2, 0) is 14.3 Å². The van der Waals surface area contributed by atoms with Crippen LogP contribution in [0.5, 0.6) is 0 Å². The van der Waals surface area contributed by atoms with Crippen LogP contribution >= 0.6 is 0 Å². The zero-order valence-corrected chi connectivity index (χ0v) is 34.6. The number of benzene rings is 2. The third kappa shape index (κ3) is 9.56. The fraction of sp³-hybridized carbons (Fsp3) is 0.708. The highest BCUT2D eigenvalue weighted by Crippen LogP contribution is 2.64. The lowest BCUT2D eigenvalue weighted by Gasteiger charge is -2.54. The zero-order chi connectivity index (χ0) is 38.3. The first-order chi connectivity index (χ1) is 26.0. The third-order valence-electron chi connectivity index (χ3n) is 14.8. The topological polar surface area (TPSA) is 76.7 Å². The lowest BCUT2D eigenvalue weighted by atomic mass is 9.51. The van der Waals surface area contributed by atoms with Gasteiger partial charge in [-0.3, -0.25) is 4.79 Å². The van der Waals surface area contributed by atoms with Gasteiger partial charge in [-0.15, -0.1) is 0 Å². The molecular weight excluding hydrogens is 669 g/mol. The molecule has 2 amide bonds. The summed E-state index contributed by atoms with van der Waals surface area (Å²) in [5.74, 6) is 5.12. The summed E-state index contributed by atoms with van der Waals surface area (Å²) in [6.07, 6.45) is 16.9. The Morgan fingerprint density at radius 3 is 2.22 bits per heavy atom. The molecule has 298 valence electrons. The smallest absolute Gasteiger partial charge is 0.407 e. The van der Waals surface area contributed by atoms with Gasteiger partial charge in [0.05, 0.1) is 6.10 Å². The number of carbonyl (C=O) groups is 2. The van der Waals surface area contributed by atoms with Gasteiger partial charge in [0.1, 0.15) is 6.61 Å². The molecule has 0 aromatic heterocycles. The number of hydrogen-bond donors (Lipinski definition) is 2. The number of fused-ring (bicyclic) bond motifs is 6. The average molecular weight is 741 g/mol. The second kappa shape index (κ2) is 18.4. The molecule has 2 aromatic rings. The number of hydrogen-bond acceptors (Lipinski definition) is 4. The van der Waals surface area contributed by atoms with Gasteiger partial charge in [-0.25, -0.2) is 4.79 Å². The lowest BCUT2D eigenvalue weighted by molar-refractivity contribution is -0.121. The van der Waals surface area contributed by atoms with Crippen molar-refractivity contribution in [1.29, 1.82) is 0 Å². The van der Waals surface area contributed by atoms with Crippen LogP contribution in [0.3, 0.4) is 0 Å². The molecule has 4 aliphatic carbocycles. The van der Waals surface area contributed by atoms with E-state index < -0.39 is 6.09 Å². The van der Waals surface area contributed by atoms with Gasteiger partial charge in [0.15, 0.2) is 0 Å². The third-order valence-corrected chi connectivity index (χ3v) is 14.8. The summed E-state index contributed by atoms with van der Waals surface area (Å²) in [6, 6.07) is 16.6. The van der Waals surface area contributed by atoms with Gasteiger partial charge in [-0.05, 0) is 126 Å². The highest BCUT2D eigenvalue weighted by Gasteiger charge is 2.56. The van der Waals surface area contributed by atoms with Gasteiger partial charge in [-0.1, -0.05) is 116 Å². The quantitative estimate of drug-likeness (QED) is 0.178. The van der Waals surface area contributed by atoms with Gasteiger partial charge in [-0.2, -0.15) is 0 Å². The van der Waals surface area contributed by atoms with E-state index in [1.165, 1.54) is 86.5 Å². The van der Waals surface area contributed by atoms with Gasteiger partial charge < -0.3 is 20.1 Å². The summed E-state index contributed by atoms with van der Waals surface area (Å²) < 4.78 is 12.1. The maximum Gasteiger partial charge on any atom is 0.407 e. The van der Waals surface area contributed by atoms with Crippen molar-refractivity contribution in [1.82, 2.24) is 10.6 Å². The molecule has 2 aromatic carbocycles. The van der Waals surface area contributed by atoms with Crippen LogP contribution < -0.4 is 10.6 Å². The SMILES string of the molecule is CC(C)CCC[C@@H](C)C1CC[C@H]2[C@@H]3CCC[C@@H](OCCCNC(=O)CCNC(=O)OCC4c5ccccc5-c5ccccc54)CCC(C)(C)C3CCC12C. The molecular formula is C48H72N2O4. The van der Waals surface area contributed by atoms with Gasteiger partial charge in [0.25, 0.3) is 0 Å². The van der Waals surface area contributed by atoms with E-state index in [4.69, 9.17) is 9.47 Å². The normalized spacial score (nSPS) is 28.1. The Balaban J connectivity index is 0.874. The van der Waals surface area contributed by atoms with E-state index in [1.54, 1.807) is 0 Å². The molecule has 4 aliphatic rings. The van der Waals surface area contributed by atoms with E-state index in [2.05, 4.69) is 76.4 Å². The van der Waals surface area contributed by atoms with E-state index in [1.807, 2.05) is 24.3 Å². The molecule has 3 fully saturated rings. The van der Waals surface area contributed by atoms with Crippen molar-refractivity contribution in [2.75, 3.05) is 26.3 Å². The Hall–Kier alpha value is -2.86. The summed E-state index contributed by atoms with van der Waals surface area (Å²) in [5, 5.41) is 5.77. The molecule has 0 heterocycles. The Kier molecular flexibility index (Phi) is 13.9. The zero-order valence-electron chi connectivity index (χ0n) is 34.6. The Bertz CT molecular complexity index is 1490. The minimum absolute atomic E-state index is 0.0191. The molecule has 7 atom stereocenters. The molecule has 0 saturated heterocycles. The average Bonchev–Trinajstić information content (AvgIpc) is 3.68. The first kappa shape index (κ1) is 40.8. The van der Waals surface area contributed by atoms with E-state index in [0.29, 0.717) is 30.1 Å². The van der Waals surface area contributed by atoms with E-state index in [9.17, 15) is 9.59 Å². The predicted octanol–water partition coefficient (Wildman–Crippen LogP) is 11.3. The predicted molar refractivity (Wildman–Crippen MR) is 220 cm³/mol. The van der Waals surface area contributed by atoms with Gasteiger partial charge >= 0.3 is 6.09 Å². The molecule has 54 heavy (non-hydrogen) atoms. The first-order valence-corrected chi connectivity index (χ1v) is 21.9. The maximum atomic E-state index is 12.5. The second-order valence-corrected chi connectivity index (χ2v) is 19.1. The largest absolute Gasteiger partial charge is 0.449 e. The monoisotopic (exact) mass is 741 g/mol. The van der Waals surface area contributed by atoms with E-state index in [0.717, 1.165) is 54.8 Å². The lowest BCUT2D eigenvalue weighted by Crippen LogP contribution is -2.46. The summed E-state index contributed by atoms with van der Waals surface area (Å²) in [6.45, 7) is 16.9. The Morgan fingerprint density at radius 1 is 0.778 bits per heavy atom. The number of nitrogens with one attached hydrogen (secondary N) is 2. The number of amides is 2. The second-order valence-electron chi connectivity index (χ2n) is 19.1. The van der Waals surface area contributed by atoms with Crippen molar-refractivity contribution in [3.63, 3.8) is 0 Å². The van der Waals surface area contributed by atoms with Crippen molar-refractivity contribution >= 4 is 12.0 Å². The Morgan fingerprint density at radius 2 is 1.50 bits per heavy atom. The van der Waals surface area contributed by atoms with Crippen LogP contribution in [-0.4, -0.2) is 44.4 Å². The Labute approximate surface area is 327 Å². The molecule has 0 radical (unpaired) electrons. The number of carbonyl (C=O) groups excluding carboxylic acids is 2. The van der Waals surface area contributed by atoms with Crippen molar-refractivity contribution in [2.45, 2.75) is 143 Å². The van der Waals surface area contributed by atoms with Crippen LogP contribution in [0.15, 0.2) is 48.5 Å². The highest BCUT2D eigenvalue weighted by molar-refractivity contribution is 5.79. The van der Waals surface area contributed by atoms with Crippen molar-refractivity contribution in [3.05, 3.63) is 59.7 Å². The highest BCUT2D eigenvalue weighted by atomic mass is 16.5. The minimum Gasteiger partial charge on any atom is -0.449 e. The van der Waals surface area contributed by atoms with Crippen molar-refractivity contribution in [2.24, 2.45) is 46.3 Å². The van der Waals surface area contributed by atoms with Crippen LogP contribution in [0.25, 0.3) is 11.1 Å². The van der Waals surface area contributed by atoms with Crippen LogP contribution in [0, 0.1) is 46.3 Å². The van der Waals surface area contributed by atoms with Crippen LogP contribution in [0.4, 0.5) is 4.79 Å². The van der Waals surface area contributed by atoms with E-state index in [-0.39, 0.29) is 31.4 Å². The molecule has 2 N–H and O–H groups in total. The maximum absolute atomic E-state index is 12.5.